The molecule has 1 aliphatic rings. The van der Waals surface area contributed by atoms with E-state index in [-0.39, 0.29) is 11.8 Å². The fourth-order valence-electron chi connectivity index (χ4n) is 2.47. The van der Waals surface area contributed by atoms with Crippen molar-refractivity contribution < 1.29 is 4.79 Å². The van der Waals surface area contributed by atoms with E-state index in [0.717, 1.165) is 42.5 Å². The minimum absolute atomic E-state index is 0.0346. The smallest absolute Gasteiger partial charge is 0.224 e. The van der Waals surface area contributed by atoms with Gasteiger partial charge in [0, 0.05) is 31.5 Å². The highest BCUT2D eigenvalue weighted by Crippen LogP contribution is 2.26. The molecule has 0 saturated carbocycles. The maximum Gasteiger partial charge on any atom is 0.224 e. The van der Waals surface area contributed by atoms with Gasteiger partial charge in [-0.1, -0.05) is 25.1 Å². The van der Waals surface area contributed by atoms with Gasteiger partial charge < -0.3 is 16.0 Å². The maximum absolute atomic E-state index is 11.9. The van der Waals surface area contributed by atoms with Crippen molar-refractivity contribution in [3.63, 3.8) is 0 Å². The van der Waals surface area contributed by atoms with E-state index in [1.165, 1.54) is 0 Å². The lowest BCUT2D eigenvalue weighted by atomic mass is 10.1. The van der Waals surface area contributed by atoms with Crippen molar-refractivity contribution in [2.75, 3.05) is 36.0 Å². The van der Waals surface area contributed by atoms with E-state index in [2.05, 4.69) is 27.1 Å². The molecule has 2 heterocycles. The molecule has 0 radical (unpaired) electrons. The number of aromatic nitrogens is 2. The Bertz CT molecular complexity index is 511. The third-order valence-corrected chi connectivity index (χ3v) is 4.61. The van der Waals surface area contributed by atoms with Crippen LogP contribution < -0.4 is 16.0 Å². The second-order valence-corrected chi connectivity index (χ2v) is 6.52. The zero-order valence-corrected chi connectivity index (χ0v) is 14.2. The summed E-state index contributed by atoms with van der Waals surface area (Å²) in [7, 11) is 0. The number of unbranched alkanes of at least 4 members (excludes halogenated alkanes) is 1. The molecule has 7 heteroatoms. The number of carbonyl (C=O) groups is 1. The van der Waals surface area contributed by atoms with E-state index >= 15 is 0 Å². The minimum Gasteiger partial charge on any atom is -0.383 e. The predicted molar refractivity (Wildman–Crippen MR) is 91.1 cm³/mol. The first-order valence-electron chi connectivity index (χ1n) is 7.94. The Morgan fingerprint density at radius 3 is 3.05 bits per heavy atom. The summed E-state index contributed by atoms with van der Waals surface area (Å²) in [6.45, 7) is 6.31. The van der Waals surface area contributed by atoms with Gasteiger partial charge in [-0.15, -0.1) is 0 Å². The zero-order chi connectivity index (χ0) is 15.9. The van der Waals surface area contributed by atoms with Gasteiger partial charge in [-0.05, 0) is 19.8 Å². The predicted octanol–water partition coefficient (Wildman–Crippen LogP) is 1.91. The number of nitrogens with two attached hydrogens (primary N) is 1. The third-order valence-electron chi connectivity index (χ3n) is 3.68. The number of amides is 1. The molecule has 1 amide bonds. The molecule has 0 bridgehead atoms. The molecule has 0 aromatic carbocycles. The molecular weight excluding hydrogens is 298 g/mol. The van der Waals surface area contributed by atoms with E-state index in [0.29, 0.717) is 18.9 Å². The Morgan fingerprint density at radius 1 is 1.50 bits per heavy atom. The van der Waals surface area contributed by atoms with Crippen LogP contribution in [0.5, 0.6) is 0 Å². The van der Waals surface area contributed by atoms with Crippen LogP contribution in [0.2, 0.25) is 0 Å². The van der Waals surface area contributed by atoms with Crippen molar-refractivity contribution in [1.29, 1.82) is 0 Å². The van der Waals surface area contributed by atoms with Crippen molar-refractivity contribution in [2.24, 2.45) is 5.92 Å². The van der Waals surface area contributed by atoms with Crippen molar-refractivity contribution in [1.82, 2.24) is 15.3 Å². The highest BCUT2D eigenvalue weighted by Gasteiger charge is 2.29. The molecule has 1 aliphatic heterocycles. The van der Waals surface area contributed by atoms with Crippen molar-refractivity contribution >= 4 is 29.3 Å². The minimum atomic E-state index is 0.0346. The first kappa shape index (κ1) is 16.9. The normalized spacial score (nSPS) is 17.7. The molecule has 3 N–H and O–H groups in total. The van der Waals surface area contributed by atoms with Gasteiger partial charge in [0.1, 0.15) is 11.6 Å². The van der Waals surface area contributed by atoms with E-state index in [1.54, 1.807) is 17.8 Å². The fourth-order valence-corrected chi connectivity index (χ4v) is 3.41. The summed E-state index contributed by atoms with van der Waals surface area (Å²) in [6, 6.07) is 1.80. The van der Waals surface area contributed by atoms with Gasteiger partial charge in [-0.3, -0.25) is 4.79 Å². The molecular formula is C15H25N5OS. The summed E-state index contributed by atoms with van der Waals surface area (Å²) in [5.74, 6) is 2.49. The Hall–Kier alpha value is -1.50. The Kier molecular flexibility index (Phi) is 6.30. The third kappa shape index (κ3) is 4.50. The lowest BCUT2D eigenvalue weighted by molar-refractivity contribution is -0.124. The monoisotopic (exact) mass is 323 g/mol. The lowest BCUT2D eigenvalue weighted by Crippen LogP contribution is -2.32. The number of rotatable bonds is 7. The van der Waals surface area contributed by atoms with E-state index < -0.39 is 0 Å². The fraction of sp³-hybridized carbons (Fsp3) is 0.667. The summed E-state index contributed by atoms with van der Waals surface area (Å²) in [5, 5.41) is 3.62. The second kappa shape index (κ2) is 8.22. The van der Waals surface area contributed by atoms with Crippen LogP contribution in [0.3, 0.4) is 0 Å². The number of nitrogens with zero attached hydrogens (tertiary/aromatic N) is 3. The van der Waals surface area contributed by atoms with E-state index in [1.807, 2.05) is 6.92 Å². The highest BCUT2D eigenvalue weighted by molar-refractivity contribution is 7.99. The molecule has 0 aliphatic carbocycles. The Labute approximate surface area is 136 Å². The molecule has 1 aromatic rings. The highest BCUT2D eigenvalue weighted by atomic mass is 32.2. The molecule has 1 unspecified atom stereocenters. The number of hydrogen-bond donors (Lipinski definition) is 2. The number of nitrogen functional groups attached to an aromatic ring is 1. The number of thioether (sulfide) groups is 1. The molecule has 1 aromatic heterocycles. The Morgan fingerprint density at radius 2 is 2.32 bits per heavy atom. The molecule has 122 valence electrons. The van der Waals surface area contributed by atoms with Crippen molar-refractivity contribution in [2.45, 2.75) is 38.3 Å². The number of nitrogens with one attached hydrogen (secondary N) is 1. The van der Waals surface area contributed by atoms with Gasteiger partial charge >= 0.3 is 0 Å². The standard InChI is InChI=1S/C15H25N5OS/c1-3-5-8-22-15-18-12(16)9-13(19-15)20-7-6-11(10-20)14(21)17-4-2/h9,11H,3-8,10H2,1-2H3,(H,17,21)(H2,16,18,19). The molecule has 6 nitrogen and oxygen atoms in total. The number of carbonyl (C=O) groups excluding carboxylic acids is 1. The molecule has 1 fully saturated rings. The summed E-state index contributed by atoms with van der Waals surface area (Å²) in [5.41, 5.74) is 5.90. The van der Waals surface area contributed by atoms with Gasteiger partial charge in [0.05, 0.1) is 5.92 Å². The summed E-state index contributed by atoms with van der Waals surface area (Å²) >= 11 is 1.64. The first-order valence-corrected chi connectivity index (χ1v) is 8.92. The van der Waals surface area contributed by atoms with E-state index in [9.17, 15) is 4.79 Å². The topological polar surface area (TPSA) is 84.1 Å². The average Bonchev–Trinajstić information content (AvgIpc) is 2.97. The van der Waals surface area contributed by atoms with Crippen LogP contribution in [0.4, 0.5) is 11.6 Å². The first-order chi connectivity index (χ1) is 10.6. The van der Waals surface area contributed by atoms with Crippen LogP contribution in [-0.2, 0) is 4.79 Å². The zero-order valence-electron chi connectivity index (χ0n) is 13.3. The van der Waals surface area contributed by atoms with Crippen LogP contribution >= 0.6 is 11.8 Å². The van der Waals surface area contributed by atoms with Gasteiger partial charge in [0.25, 0.3) is 0 Å². The summed E-state index contributed by atoms with van der Waals surface area (Å²) < 4.78 is 0. The number of hydrogen-bond acceptors (Lipinski definition) is 6. The lowest BCUT2D eigenvalue weighted by Gasteiger charge is -2.18. The van der Waals surface area contributed by atoms with Crippen LogP contribution in [0.15, 0.2) is 11.2 Å². The van der Waals surface area contributed by atoms with Crippen LogP contribution in [0.25, 0.3) is 0 Å². The Balaban J connectivity index is 2.01. The van der Waals surface area contributed by atoms with Crippen LogP contribution in [0.1, 0.15) is 33.1 Å². The van der Waals surface area contributed by atoms with Crippen molar-refractivity contribution in [3.8, 4) is 0 Å². The largest absolute Gasteiger partial charge is 0.383 e. The van der Waals surface area contributed by atoms with Crippen LogP contribution in [-0.4, -0.2) is 41.3 Å². The van der Waals surface area contributed by atoms with Gasteiger partial charge in [0.2, 0.25) is 5.91 Å². The van der Waals surface area contributed by atoms with Gasteiger partial charge in [-0.2, -0.15) is 0 Å². The summed E-state index contributed by atoms with van der Waals surface area (Å²) in [4.78, 5) is 22.9. The van der Waals surface area contributed by atoms with E-state index in [4.69, 9.17) is 5.73 Å². The maximum atomic E-state index is 11.9. The van der Waals surface area contributed by atoms with Gasteiger partial charge in [-0.25, -0.2) is 9.97 Å². The molecule has 22 heavy (non-hydrogen) atoms. The molecule has 1 saturated heterocycles. The number of anilines is 2. The van der Waals surface area contributed by atoms with Crippen LogP contribution in [0, 0.1) is 5.92 Å². The van der Waals surface area contributed by atoms with Crippen molar-refractivity contribution in [3.05, 3.63) is 6.07 Å². The summed E-state index contributed by atoms with van der Waals surface area (Å²) in [6.07, 6.45) is 3.15. The quantitative estimate of drug-likeness (QED) is 0.453. The van der Waals surface area contributed by atoms with Gasteiger partial charge in [0.15, 0.2) is 5.16 Å². The molecule has 1 atom stereocenters. The second-order valence-electron chi connectivity index (χ2n) is 5.46. The average molecular weight is 323 g/mol. The molecule has 2 rings (SSSR count). The SMILES string of the molecule is CCCCSc1nc(N)cc(N2CCC(C(=O)NCC)C2)n1. The molecule has 0 spiro atoms.